The maximum atomic E-state index is 4.32. The van der Waals surface area contributed by atoms with Gasteiger partial charge in [-0.1, -0.05) is 20.8 Å². The molecule has 0 aliphatic heterocycles. The Hall–Kier alpha value is 0.780. The van der Waals surface area contributed by atoms with Crippen LogP contribution in [0.2, 0.25) is 0 Å². The van der Waals surface area contributed by atoms with E-state index in [1.807, 2.05) is 0 Å². The van der Waals surface area contributed by atoms with Crippen LogP contribution in [0.3, 0.4) is 0 Å². The minimum Gasteiger partial charge on any atom is -0.176 e. The zero-order valence-corrected chi connectivity index (χ0v) is 7.81. The quantitative estimate of drug-likeness (QED) is 0.453. The average Bonchev–Trinajstić information content (AvgIpc) is 1.64. The Morgan fingerprint density at radius 3 is 1.62 bits per heavy atom. The van der Waals surface area contributed by atoms with Crippen LogP contribution in [-0.2, 0) is 0 Å². The second-order valence-electron chi connectivity index (χ2n) is 2.46. The summed E-state index contributed by atoms with van der Waals surface area (Å²) in [7, 11) is 2.79. The second-order valence-corrected chi connectivity index (χ2v) is 4.32. The molecule has 0 heterocycles. The van der Waals surface area contributed by atoms with Gasteiger partial charge in [-0.15, -0.1) is 9.24 Å². The molecule has 0 bridgehead atoms. The first kappa shape index (κ1) is 8.78. The van der Waals surface area contributed by atoms with Crippen LogP contribution in [0.5, 0.6) is 0 Å². The summed E-state index contributed by atoms with van der Waals surface area (Å²) in [6.07, 6.45) is 0. The van der Waals surface area contributed by atoms with Crippen LogP contribution in [0.25, 0.3) is 0 Å². The lowest BCUT2D eigenvalue weighted by atomic mass is 10.1. The Morgan fingerprint density at radius 1 is 1.25 bits per heavy atom. The highest BCUT2D eigenvalue weighted by Crippen LogP contribution is 2.18. The molecule has 0 nitrogen and oxygen atoms in total. The molecule has 4 atom stereocenters. The van der Waals surface area contributed by atoms with Crippen LogP contribution in [-0.4, -0.2) is 10.9 Å². The normalized spacial score (nSPS) is 22.1. The van der Waals surface area contributed by atoms with Crippen LogP contribution in [0.4, 0.5) is 0 Å². The average molecular weight is 150 g/mol. The van der Waals surface area contributed by atoms with Crippen molar-refractivity contribution in [2.45, 2.75) is 31.7 Å². The maximum absolute atomic E-state index is 4.32. The molecular weight excluding hydrogens is 135 g/mol. The SMILES string of the molecule is CC(P)C(C)C(C)S. The van der Waals surface area contributed by atoms with Crippen LogP contribution in [0.15, 0.2) is 0 Å². The van der Waals surface area contributed by atoms with Gasteiger partial charge in [0.2, 0.25) is 0 Å². The molecule has 0 aliphatic rings. The Balaban J connectivity index is 3.46. The lowest BCUT2D eigenvalue weighted by Gasteiger charge is -2.17. The van der Waals surface area contributed by atoms with Crippen molar-refractivity contribution >= 4 is 21.9 Å². The van der Waals surface area contributed by atoms with Gasteiger partial charge in [0.15, 0.2) is 0 Å². The lowest BCUT2D eigenvalue weighted by Crippen LogP contribution is -2.15. The lowest BCUT2D eigenvalue weighted by molar-refractivity contribution is 0.574. The van der Waals surface area contributed by atoms with Gasteiger partial charge in [-0.05, 0) is 11.6 Å². The van der Waals surface area contributed by atoms with Gasteiger partial charge < -0.3 is 0 Å². The van der Waals surface area contributed by atoms with Crippen LogP contribution in [0, 0.1) is 5.92 Å². The predicted molar refractivity (Wildman–Crippen MR) is 46.8 cm³/mol. The molecule has 0 aromatic heterocycles. The van der Waals surface area contributed by atoms with Crippen molar-refractivity contribution in [2.75, 3.05) is 0 Å². The summed E-state index contributed by atoms with van der Waals surface area (Å²) < 4.78 is 0. The minimum atomic E-state index is 0.516. The number of rotatable bonds is 2. The topological polar surface area (TPSA) is 0 Å². The Morgan fingerprint density at radius 2 is 1.62 bits per heavy atom. The monoisotopic (exact) mass is 150 g/mol. The third kappa shape index (κ3) is 2.94. The molecule has 0 aliphatic carbocycles. The summed E-state index contributed by atoms with van der Waals surface area (Å²) in [5.74, 6) is 0.698. The summed E-state index contributed by atoms with van der Waals surface area (Å²) in [5, 5.41) is 0.516. The molecule has 0 aromatic rings. The Kier molecular flexibility index (Phi) is 4.10. The van der Waals surface area contributed by atoms with Gasteiger partial charge in [0.05, 0.1) is 0 Å². The van der Waals surface area contributed by atoms with Crippen LogP contribution >= 0.6 is 21.9 Å². The smallest absolute Gasteiger partial charge is 0.00198 e. The van der Waals surface area contributed by atoms with E-state index in [0.717, 1.165) is 0 Å². The molecule has 8 heavy (non-hydrogen) atoms. The first-order valence-corrected chi connectivity index (χ1v) is 4.17. The van der Waals surface area contributed by atoms with E-state index in [1.54, 1.807) is 0 Å². The van der Waals surface area contributed by atoms with Crippen molar-refractivity contribution in [3.8, 4) is 0 Å². The van der Waals surface area contributed by atoms with Crippen molar-refractivity contribution in [1.82, 2.24) is 0 Å². The van der Waals surface area contributed by atoms with E-state index in [2.05, 4.69) is 42.6 Å². The molecule has 4 unspecified atom stereocenters. The van der Waals surface area contributed by atoms with Crippen molar-refractivity contribution in [3.63, 3.8) is 0 Å². The van der Waals surface area contributed by atoms with Gasteiger partial charge in [-0.25, -0.2) is 0 Å². The van der Waals surface area contributed by atoms with Gasteiger partial charge >= 0.3 is 0 Å². The predicted octanol–water partition coefficient (Wildman–Crippen LogP) is 2.20. The Bertz CT molecular complexity index is 53.5. The van der Waals surface area contributed by atoms with E-state index in [0.29, 0.717) is 16.8 Å². The summed E-state index contributed by atoms with van der Waals surface area (Å²) in [5.41, 5.74) is 0.683. The van der Waals surface area contributed by atoms with E-state index in [-0.39, 0.29) is 0 Å². The molecule has 0 fully saturated rings. The molecule has 0 amide bonds. The first-order valence-electron chi connectivity index (χ1n) is 2.99. The summed E-state index contributed by atoms with van der Waals surface area (Å²) in [6.45, 7) is 6.55. The molecule has 0 N–H and O–H groups in total. The largest absolute Gasteiger partial charge is 0.176 e. The standard InChI is InChI=1S/C6H15PS/c1-4(5(2)7)6(3)8/h4-6,8H,7H2,1-3H3. The fourth-order valence-corrected chi connectivity index (χ4v) is 1.23. The van der Waals surface area contributed by atoms with Gasteiger partial charge in [0, 0.05) is 5.25 Å². The zero-order valence-electron chi connectivity index (χ0n) is 5.76. The van der Waals surface area contributed by atoms with Gasteiger partial charge in [-0.3, -0.25) is 0 Å². The second kappa shape index (κ2) is 3.74. The van der Waals surface area contributed by atoms with E-state index in [1.165, 1.54) is 0 Å². The van der Waals surface area contributed by atoms with Gasteiger partial charge in [-0.2, -0.15) is 12.6 Å². The molecule has 0 rings (SSSR count). The van der Waals surface area contributed by atoms with E-state index in [4.69, 9.17) is 0 Å². The minimum absolute atomic E-state index is 0.516. The molecule has 0 radical (unpaired) electrons. The van der Waals surface area contributed by atoms with E-state index >= 15 is 0 Å². The molecule has 0 saturated heterocycles. The van der Waals surface area contributed by atoms with Crippen molar-refractivity contribution in [3.05, 3.63) is 0 Å². The number of hydrogen-bond acceptors (Lipinski definition) is 1. The first-order chi connectivity index (χ1) is 3.55. The highest BCUT2D eigenvalue weighted by atomic mass is 32.1. The van der Waals surface area contributed by atoms with Crippen molar-refractivity contribution in [2.24, 2.45) is 5.92 Å². The number of hydrogen-bond donors (Lipinski definition) is 1. The third-order valence-electron chi connectivity index (χ3n) is 1.59. The van der Waals surface area contributed by atoms with Crippen molar-refractivity contribution < 1.29 is 0 Å². The molecule has 0 aromatic carbocycles. The highest BCUT2D eigenvalue weighted by molar-refractivity contribution is 7.80. The molecule has 0 spiro atoms. The fraction of sp³-hybridized carbons (Fsp3) is 1.00. The van der Waals surface area contributed by atoms with Crippen molar-refractivity contribution in [1.29, 1.82) is 0 Å². The van der Waals surface area contributed by atoms with E-state index in [9.17, 15) is 0 Å². The van der Waals surface area contributed by atoms with Crippen LogP contribution < -0.4 is 0 Å². The highest BCUT2D eigenvalue weighted by Gasteiger charge is 2.10. The summed E-state index contributed by atoms with van der Waals surface area (Å²) in [6, 6.07) is 0. The third-order valence-corrected chi connectivity index (χ3v) is 2.67. The number of thiol groups is 1. The Labute approximate surface area is 60.0 Å². The zero-order chi connectivity index (χ0) is 6.73. The van der Waals surface area contributed by atoms with Gasteiger partial charge in [0.1, 0.15) is 0 Å². The molecule has 2 heteroatoms. The molecular formula is C6H15PS. The molecule has 50 valence electrons. The van der Waals surface area contributed by atoms with Gasteiger partial charge in [0.25, 0.3) is 0 Å². The molecule has 0 saturated carbocycles. The summed E-state index contributed by atoms with van der Waals surface area (Å²) >= 11 is 4.32. The maximum Gasteiger partial charge on any atom is 0.00198 e. The van der Waals surface area contributed by atoms with Crippen LogP contribution in [0.1, 0.15) is 20.8 Å². The van der Waals surface area contributed by atoms with E-state index < -0.39 is 0 Å². The fourth-order valence-electron chi connectivity index (χ4n) is 0.439. The summed E-state index contributed by atoms with van der Waals surface area (Å²) in [4.78, 5) is 0.